The van der Waals surface area contributed by atoms with Crippen LogP contribution < -0.4 is 14.2 Å². The monoisotopic (exact) mass is 940 g/mol. The second-order valence-electron chi connectivity index (χ2n) is 13.4. The molecule has 344 valence electrons. The van der Waals surface area contributed by atoms with E-state index in [1.807, 2.05) is 0 Å². The van der Waals surface area contributed by atoms with Crippen molar-refractivity contribution < 1.29 is 74.6 Å². The highest BCUT2D eigenvalue weighted by Crippen LogP contribution is 2.36. The molecule has 1 saturated heterocycles. The summed E-state index contributed by atoms with van der Waals surface area (Å²) in [5, 5.41) is 19.0. The van der Waals surface area contributed by atoms with E-state index in [0.717, 1.165) is 41.5 Å². The van der Waals surface area contributed by atoms with E-state index in [0.29, 0.717) is 19.0 Å². The molecule has 4 unspecified atom stereocenters. The lowest BCUT2D eigenvalue weighted by Crippen LogP contribution is -2.25. The molecule has 64 heavy (non-hydrogen) atoms. The molecule has 0 aromatic heterocycles. The fourth-order valence-corrected chi connectivity index (χ4v) is 5.69. The highest BCUT2D eigenvalue weighted by atomic mass is 35.5. The van der Waals surface area contributed by atoms with Crippen LogP contribution in [-0.4, -0.2) is 75.0 Å². The first kappa shape index (κ1) is 52.6. The number of phenols is 1. The number of methoxy groups -OCH3 is 2. The minimum absolute atomic E-state index is 0.0248. The first-order valence-electron chi connectivity index (χ1n) is 19.1. The summed E-state index contributed by atoms with van der Waals surface area (Å²) in [4.78, 5) is 22.7. The van der Waals surface area contributed by atoms with Crippen LogP contribution in [0.4, 0.5) is 26.3 Å². The van der Waals surface area contributed by atoms with E-state index in [-0.39, 0.29) is 83.2 Å². The number of carbonyl (C=O) groups is 2. The predicted molar refractivity (Wildman–Crippen MR) is 225 cm³/mol. The first-order valence-corrected chi connectivity index (χ1v) is 19.8. The van der Waals surface area contributed by atoms with Crippen LogP contribution in [0.15, 0.2) is 84.9 Å². The Morgan fingerprint density at radius 2 is 1.12 bits per heavy atom. The maximum atomic E-state index is 12.7. The average Bonchev–Trinajstić information content (AvgIpc) is 4.09. The van der Waals surface area contributed by atoms with Crippen LogP contribution in [0.5, 0.6) is 23.0 Å². The third-order valence-electron chi connectivity index (χ3n) is 8.63. The summed E-state index contributed by atoms with van der Waals surface area (Å²) in [6.45, 7) is 4.01. The number of phenolic OH excluding ortho intramolecular Hbond substituents is 1. The predicted octanol–water partition coefficient (Wildman–Crippen LogP) is 10.0. The first-order chi connectivity index (χ1) is 30.3. The maximum absolute atomic E-state index is 12.7. The Kier molecular flexibility index (Phi) is 20.9. The Morgan fingerprint density at radius 3 is 1.52 bits per heavy atom. The zero-order valence-corrected chi connectivity index (χ0v) is 36.3. The van der Waals surface area contributed by atoms with Gasteiger partial charge in [-0.25, -0.2) is 0 Å². The number of hydrogen-bond acceptors (Lipinski definition) is 10. The smallest absolute Gasteiger partial charge is 0.416 e. The number of hydrogen-bond donors (Lipinski definition) is 2. The van der Waals surface area contributed by atoms with E-state index in [4.69, 9.17) is 52.0 Å². The molecule has 18 heteroatoms. The van der Waals surface area contributed by atoms with Gasteiger partial charge in [-0.1, -0.05) is 59.3 Å². The summed E-state index contributed by atoms with van der Waals surface area (Å²) in [5.74, 6) is 11.3. The van der Waals surface area contributed by atoms with Gasteiger partial charge in [0.1, 0.15) is 55.0 Å². The number of benzene rings is 4. The fourth-order valence-electron chi connectivity index (χ4n) is 5.22. The molecule has 0 amide bonds. The van der Waals surface area contributed by atoms with Crippen LogP contribution >= 0.6 is 23.2 Å². The van der Waals surface area contributed by atoms with E-state index in [1.54, 1.807) is 62.4 Å². The summed E-state index contributed by atoms with van der Waals surface area (Å²) in [7, 11) is 2.67. The molecule has 1 fully saturated rings. The number of aliphatic hydroxyl groups is 1. The third-order valence-corrected chi connectivity index (χ3v) is 9.22. The molecule has 0 radical (unpaired) electrons. The van der Waals surface area contributed by atoms with Crippen LogP contribution in [0, 0.1) is 23.7 Å². The van der Waals surface area contributed by atoms with Crippen molar-refractivity contribution in [3.63, 3.8) is 0 Å². The van der Waals surface area contributed by atoms with Gasteiger partial charge in [-0.2, -0.15) is 26.3 Å². The number of esters is 2. The molecule has 4 aromatic rings. The van der Waals surface area contributed by atoms with Gasteiger partial charge in [-0.05, 0) is 85.6 Å². The zero-order chi connectivity index (χ0) is 47.5. The van der Waals surface area contributed by atoms with Crippen LogP contribution in [-0.2, 0) is 36.2 Å². The summed E-state index contributed by atoms with van der Waals surface area (Å²) in [6, 6.07) is 19.3. The van der Waals surface area contributed by atoms with Gasteiger partial charge >= 0.3 is 24.3 Å². The number of rotatable bonds is 15. The van der Waals surface area contributed by atoms with Gasteiger partial charge < -0.3 is 38.6 Å². The van der Waals surface area contributed by atoms with Crippen molar-refractivity contribution in [3.05, 3.63) is 117 Å². The quantitative estimate of drug-likeness (QED) is 0.0514. The van der Waals surface area contributed by atoms with Gasteiger partial charge in [0.2, 0.25) is 0 Å². The highest BCUT2D eigenvalue weighted by molar-refractivity contribution is 6.32. The van der Waals surface area contributed by atoms with Crippen molar-refractivity contribution >= 4 is 35.1 Å². The molecule has 1 aliphatic rings. The summed E-state index contributed by atoms with van der Waals surface area (Å²) < 4.78 is 105. The van der Waals surface area contributed by atoms with Crippen molar-refractivity contribution in [2.45, 2.75) is 63.1 Å². The van der Waals surface area contributed by atoms with Gasteiger partial charge in [-0.15, -0.1) is 11.8 Å². The summed E-state index contributed by atoms with van der Waals surface area (Å²) >= 11 is 11.5. The van der Waals surface area contributed by atoms with Crippen molar-refractivity contribution in [3.8, 4) is 46.7 Å². The van der Waals surface area contributed by atoms with Crippen molar-refractivity contribution in [2.24, 2.45) is 0 Å². The number of epoxide rings is 1. The minimum atomic E-state index is -4.51. The number of aromatic hydroxyl groups is 1. The Bertz CT molecular complexity index is 2240. The minimum Gasteiger partial charge on any atom is -0.508 e. The molecule has 10 nitrogen and oxygen atoms in total. The SMILES string of the molecule is CC#CC(CC(=O)OC)c1ccc(O)cc1.CC#CC(CC(=O)OC)c1ccc(OCC(O)COc2ccc(C(F)(F)F)cc2Cl)cc1.FC(F)(F)c1ccc(OCC2CO2)c(Cl)c1. The van der Waals surface area contributed by atoms with E-state index < -0.39 is 29.6 Å². The molecule has 1 aliphatic heterocycles. The second kappa shape index (κ2) is 25.5. The molecule has 1 heterocycles. The lowest BCUT2D eigenvalue weighted by molar-refractivity contribution is -0.141. The molecule has 0 saturated carbocycles. The number of alkyl halides is 6. The van der Waals surface area contributed by atoms with E-state index in [1.165, 1.54) is 20.3 Å². The van der Waals surface area contributed by atoms with Crippen molar-refractivity contribution in [2.75, 3.05) is 40.6 Å². The van der Waals surface area contributed by atoms with Crippen molar-refractivity contribution in [1.29, 1.82) is 0 Å². The average molecular weight is 942 g/mol. The standard InChI is InChI=1S/C23H22ClF3O5.C13H14O3.C10H8ClF3O2/c1-3-4-16(11-22(29)30-2)15-5-8-19(9-6-15)31-13-18(28)14-32-21-10-7-17(12-20(21)24)23(25,26)27;1-3-4-11(9-13(15)16-2)10-5-7-12(14)8-6-10;11-8-3-6(10(12,13)14)1-2-9(8)16-5-7-4-15-7/h5-10,12,16,18,28H,11,13-14H2,1-2H3;5-8,11,14H,9H2,1-2H3;1-3,7H,4-5H2. The molecular weight excluding hydrogens is 897 g/mol. The van der Waals surface area contributed by atoms with Crippen molar-refractivity contribution in [1.82, 2.24) is 0 Å². The van der Waals surface area contributed by atoms with Crippen LogP contribution in [0.25, 0.3) is 0 Å². The van der Waals surface area contributed by atoms with Crippen LogP contribution in [0.1, 0.15) is 60.8 Å². The number of aliphatic hydroxyl groups excluding tert-OH is 1. The van der Waals surface area contributed by atoms with Crippen LogP contribution in [0.3, 0.4) is 0 Å². The Balaban J connectivity index is 0.000000284. The lowest BCUT2D eigenvalue weighted by atomic mass is 9.96. The zero-order valence-electron chi connectivity index (χ0n) is 34.8. The Hall–Kier alpha value is -5.78. The van der Waals surface area contributed by atoms with Crippen LogP contribution in [0.2, 0.25) is 10.0 Å². The van der Waals surface area contributed by atoms with E-state index in [9.17, 15) is 41.0 Å². The number of halogens is 8. The molecular formula is C46H44Cl2F6O10. The lowest BCUT2D eigenvalue weighted by Gasteiger charge is -2.16. The number of ether oxygens (including phenoxy) is 6. The number of carbonyl (C=O) groups excluding carboxylic acids is 2. The maximum Gasteiger partial charge on any atom is 0.416 e. The summed E-state index contributed by atoms with van der Waals surface area (Å²) in [5.41, 5.74) is 0.0453. The second-order valence-corrected chi connectivity index (χ2v) is 14.3. The molecule has 4 atom stereocenters. The molecule has 0 bridgehead atoms. The Labute approximate surface area is 376 Å². The fraction of sp³-hybridized carbons (Fsp3) is 0.348. The largest absolute Gasteiger partial charge is 0.508 e. The topological polar surface area (TPSA) is 133 Å². The molecule has 0 aliphatic carbocycles. The van der Waals surface area contributed by atoms with E-state index >= 15 is 0 Å². The van der Waals surface area contributed by atoms with Gasteiger partial charge in [0, 0.05) is 0 Å². The van der Waals surface area contributed by atoms with Gasteiger partial charge in [-0.3, -0.25) is 9.59 Å². The third kappa shape index (κ3) is 18.5. The molecule has 5 rings (SSSR count). The van der Waals surface area contributed by atoms with Gasteiger partial charge in [0.15, 0.2) is 0 Å². The van der Waals surface area contributed by atoms with Gasteiger partial charge in [0.05, 0.1) is 66.7 Å². The molecule has 2 N–H and O–H groups in total. The summed E-state index contributed by atoms with van der Waals surface area (Å²) in [6.07, 6.45) is -9.55. The normalized spacial score (nSPS) is 14.1. The molecule has 4 aromatic carbocycles. The van der Waals surface area contributed by atoms with E-state index in [2.05, 4.69) is 28.4 Å². The highest BCUT2D eigenvalue weighted by Gasteiger charge is 2.32. The van der Waals surface area contributed by atoms with Gasteiger partial charge in [0.25, 0.3) is 0 Å². The Morgan fingerprint density at radius 1 is 0.703 bits per heavy atom. The molecule has 0 spiro atoms.